The van der Waals surface area contributed by atoms with Crippen molar-refractivity contribution in [2.75, 3.05) is 6.61 Å². The van der Waals surface area contributed by atoms with E-state index in [-0.39, 0.29) is 23.2 Å². The summed E-state index contributed by atoms with van der Waals surface area (Å²) < 4.78 is 18.6. The highest BCUT2D eigenvalue weighted by Crippen LogP contribution is 2.51. The number of hydrogen-bond acceptors (Lipinski definition) is 4. The highest BCUT2D eigenvalue weighted by atomic mass is 28.4. The Morgan fingerprint density at radius 2 is 1.88 bits per heavy atom. The van der Waals surface area contributed by atoms with Gasteiger partial charge in [0.2, 0.25) is 0 Å². The highest BCUT2D eigenvalue weighted by molar-refractivity contribution is 6.74. The quantitative estimate of drug-likeness (QED) is 0.292. The Morgan fingerprint density at radius 3 is 2.59 bits per heavy atom. The molecule has 1 aliphatic carbocycles. The first-order valence-corrected chi connectivity index (χ1v) is 14.2. The van der Waals surface area contributed by atoms with E-state index in [1.54, 1.807) is 13.0 Å². The van der Waals surface area contributed by atoms with Gasteiger partial charge in [-0.1, -0.05) is 63.2 Å². The van der Waals surface area contributed by atoms with Gasteiger partial charge in [0.25, 0.3) is 0 Å². The van der Waals surface area contributed by atoms with E-state index in [0.717, 1.165) is 22.4 Å². The molecule has 32 heavy (non-hydrogen) atoms. The Bertz CT molecular complexity index is 1090. The van der Waals surface area contributed by atoms with E-state index < -0.39 is 8.32 Å². The molecule has 168 valence electrons. The third kappa shape index (κ3) is 4.07. The van der Waals surface area contributed by atoms with Crippen LogP contribution < -0.4 is 4.74 Å². The lowest BCUT2D eigenvalue weighted by Gasteiger charge is -2.42. The Kier molecular flexibility index (Phi) is 5.90. The van der Waals surface area contributed by atoms with E-state index in [4.69, 9.17) is 13.9 Å². The normalized spacial score (nSPS) is 19.6. The van der Waals surface area contributed by atoms with Crippen LogP contribution in [0.15, 0.2) is 48.5 Å². The van der Waals surface area contributed by atoms with Gasteiger partial charge in [-0.25, -0.2) is 4.79 Å². The molecule has 0 aromatic heterocycles. The number of fused-ring (bicyclic) bond motifs is 4. The van der Waals surface area contributed by atoms with E-state index in [0.29, 0.717) is 6.61 Å². The predicted octanol–water partition coefficient (Wildman–Crippen LogP) is 6.64. The van der Waals surface area contributed by atoms with Crippen LogP contribution in [0.2, 0.25) is 18.1 Å². The Labute approximate surface area is 192 Å². The van der Waals surface area contributed by atoms with E-state index >= 15 is 0 Å². The van der Waals surface area contributed by atoms with Crippen LogP contribution in [0.5, 0.6) is 5.75 Å². The molecule has 0 radical (unpaired) electrons. The molecule has 2 aliphatic rings. The Balaban J connectivity index is 1.76. The van der Waals surface area contributed by atoms with Crippen molar-refractivity contribution in [2.24, 2.45) is 0 Å². The molecule has 1 aliphatic heterocycles. The number of carbonyl (C=O) groups is 1. The molecule has 2 aromatic carbocycles. The molecule has 0 saturated heterocycles. The van der Waals surface area contributed by atoms with Gasteiger partial charge in [0.05, 0.1) is 6.61 Å². The Morgan fingerprint density at radius 1 is 1.12 bits per heavy atom. The lowest BCUT2D eigenvalue weighted by molar-refractivity contribution is -0.137. The molecule has 0 amide bonds. The van der Waals surface area contributed by atoms with Gasteiger partial charge in [0.15, 0.2) is 14.4 Å². The molecule has 4 rings (SSSR count). The minimum Gasteiger partial charge on any atom is -0.481 e. The molecule has 0 bridgehead atoms. The van der Waals surface area contributed by atoms with Gasteiger partial charge in [-0.05, 0) is 48.3 Å². The van der Waals surface area contributed by atoms with Crippen LogP contribution in [0.1, 0.15) is 56.1 Å². The van der Waals surface area contributed by atoms with E-state index in [1.165, 1.54) is 17.2 Å². The fraction of sp³-hybridized carbons (Fsp3) is 0.370. The van der Waals surface area contributed by atoms with Gasteiger partial charge in [0.1, 0.15) is 11.9 Å². The first-order valence-electron chi connectivity index (χ1n) is 11.3. The molecule has 0 saturated carbocycles. The third-order valence-corrected chi connectivity index (χ3v) is 11.2. The van der Waals surface area contributed by atoms with Gasteiger partial charge in [-0.2, -0.15) is 0 Å². The van der Waals surface area contributed by atoms with Crippen molar-refractivity contribution in [2.45, 2.75) is 58.0 Å². The summed E-state index contributed by atoms with van der Waals surface area (Å²) in [6, 6.07) is 14.5. The number of benzene rings is 2. The van der Waals surface area contributed by atoms with Gasteiger partial charge in [-0.15, -0.1) is 0 Å². The van der Waals surface area contributed by atoms with Gasteiger partial charge in [0, 0.05) is 22.8 Å². The minimum atomic E-state index is -2.06. The second kappa shape index (κ2) is 8.37. The van der Waals surface area contributed by atoms with Crippen molar-refractivity contribution >= 4 is 32.0 Å². The van der Waals surface area contributed by atoms with Crippen molar-refractivity contribution in [3.63, 3.8) is 0 Å². The molecule has 0 unspecified atom stereocenters. The van der Waals surface area contributed by atoms with Crippen molar-refractivity contribution < 1.29 is 18.7 Å². The summed E-state index contributed by atoms with van der Waals surface area (Å²) in [5, 5.41) is 0.0856. The summed E-state index contributed by atoms with van der Waals surface area (Å²) >= 11 is 0. The molecular formula is C27H32O4Si. The first-order chi connectivity index (χ1) is 15.1. The SMILES string of the molecule is CCOC(=O)/C=C/c1cccc2c1O[C@@H]1C2=Cc2ccccc2[C@H]1O[Si](C)(C)C(C)(C)C. The summed E-state index contributed by atoms with van der Waals surface area (Å²) in [6.07, 6.45) is 5.05. The summed E-state index contributed by atoms with van der Waals surface area (Å²) in [5.41, 5.74) is 5.39. The summed E-state index contributed by atoms with van der Waals surface area (Å²) in [4.78, 5) is 11.8. The van der Waals surface area contributed by atoms with Gasteiger partial charge in [-0.3, -0.25) is 0 Å². The zero-order valence-corrected chi connectivity index (χ0v) is 20.8. The van der Waals surface area contributed by atoms with Crippen molar-refractivity contribution in [3.8, 4) is 5.75 Å². The summed E-state index contributed by atoms with van der Waals surface area (Å²) in [7, 11) is -2.06. The zero-order valence-electron chi connectivity index (χ0n) is 19.8. The molecule has 2 atom stereocenters. The van der Waals surface area contributed by atoms with Gasteiger partial charge < -0.3 is 13.9 Å². The smallest absolute Gasteiger partial charge is 0.330 e. The van der Waals surface area contributed by atoms with Crippen molar-refractivity contribution in [1.29, 1.82) is 0 Å². The van der Waals surface area contributed by atoms with E-state index in [2.05, 4.69) is 70.3 Å². The number of para-hydroxylation sites is 1. The minimum absolute atomic E-state index is 0.0856. The fourth-order valence-corrected chi connectivity index (χ4v) is 5.21. The van der Waals surface area contributed by atoms with E-state index in [1.807, 2.05) is 12.1 Å². The van der Waals surface area contributed by atoms with Crippen molar-refractivity contribution in [3.05, 3.63) is 70.8 Å². The number of ether oxygens (including phenoxy) is 2. The number of carbonyl (C=O) groups excluding carboxylic acids is 1. The number of hydrogen-bond donors (Lipinski definition) is 0. The van der Waals surface area contributed by atoms with Crippen LogP contribution in [0, 0.1) is 0 Å². The van der Waals surface area contributed by atoms with E-state index in [9.17, 15) is 4.79 Å². The highest BCUT2D eigenvalue weighted by Gasteiger charge is 2.46. The molecular weight excluding hydrogens is 416 g/mol. The molecule has 2 aromatic rings. The lowest BCUT2D eigenvalue weighted by atomic mass is 9.85. The molecule has 1 heterocycles. The molecule has 5 heteroatoms. The average Bonchev–Trinajstić information content (AvgIpc) is 3.10. The lowest BCUT2D eigenvalue weighted by Crippen LogP contribution is -2.45. The van der Waals surface area contributed by atoms with Crippen LogP contribution >= 0.6 is 0 Å². The third-order valence-electron chi connectivity index (χ3n) is 6.71. The zero-order chi connectivity index (χ0) is 23.1. The molecule has 0 spiro atoms. The maximum Gasteiger partial charge on any atom is 0.330 e. The second-order valence-electron chi connectivity index (χ2n) is 9.88. The Hall–Kier alpha value is -2.63. The molecule has 4 nitrogen and oxygen atoms in total. The summed E-state index contributed by atoms with van der Waals surface area (Å²) in [5.74, 6) is 0.437. The topological polar surface area (TPSA) is 44.8 Å². The van der Waals surface area contributed by atoms with Crippen LogP contribution in [0.25, 0.3) is 17.7 Å². The maximum atomic E-state index is 11.8. The van der Waals surface area contributed by atoms with Crippen LogP contribution in [0.3, 0.4) is 0 Å². The van der Waals surface area contributed by atoms with Crippen molar-refractivity contribution in [1.82, 2.24) is 0 Å². The molecule has 0 N–H and O–H groups in total. The number of rotatable bonds is 5. The fourth-order valence-electron chi connectivity index (χ4n) is 3.97. The predicted molar refractivity (Wildman–Crippen MR) is 132 cm³/mol. The second-order valence-corrected chi connectivity index (χ2v) is 14.6. The molecule has 0 fully saturated rings. The van der Waals surface area contributed by atoms with Crippen LogP contribution in [-0.2, 0) is 14.0 Å². The summed E-state index contributed by atoms with van der Waals surface area (Å²) in [6.45, 7) is 13.5. The van der Waals surface area contributed by atoms with Crippen LogP contribution in [-0.4, -0.2) is 27.0 Å². The van der Waals surface area contributed by atoms with Crippen LogP contribution in [0.4, 0.5) is 0 Å². The average molecular weight is 449 g/mol. The standard InChI is InChI=1S/C27H32O4Si/c1-7-29-23(28)16-15-18-12-10-14-21-22-17-19-11-8-9-13-20(19)26(25(22)30-24(18)21)31-32(5,6)27(2,3)4/h8-17,25-26H,7H2,1-6H3/b16-15+/t25-,26-/m1/s1. The maximum absolute atomic E-state index is 11.8. The first kappa shape index (κ1) is 22.6. The largest absolute Gasteiger partial charge is 0.481 e. The number of esters is 1. The van der Waals surface area contributed by atoms with Gasteiger partial charge >= 0.3 is 5.97 Å². The monoisotopic (exact) mass is 448 g/mol.